The van der Waals surface area contributed by atoms with Gasteiger partial charge in [0.1, 0.15) is 0 Å². The zero-order valence-electron chi connectivity index (χ0n) is 15.8. The van der Waals surface area contributed by atoms with Crippen LogP contribution >= 0.6 is 11.3 Å². The van der Waals surface area contributed by atoms with E-state index in [0.29, 0.717) is 5.13 Å². The molecule has 1 aliphatic carbocycles. The number of carbonyl (C=O) groups is 1. The third-order valence-corrected chi connectivity index (χ3v) is 5.76. The van der Waals surface area contributed by atoms with Crippen LogP contribution in [0.15, 0.2) is 41.8 Å². The van der Waals surface area contributed by atoms with Gasteiger partial charge >= 0.3 is 5.69 Å². The first kappa shape index (κ1) is 19.1. The van der Waals surface area contributed by atoms with E-state index in [0.717, 1.165) is 24.1 Å². The third-order valence-electron chi connectivity index (χ3n) is 5.01. The van der Waals surface area contributed by atoms with Crippen molar-refractivity contribution in [1.82, 2.24) is 4.98 Å². The van der Waals surface area contributed by atoms with E-state index in [-0.39, 0.29) is 17.0 Å². The number of nitrogens with zero attached hydrogens (tertiary/aromatic N) is 2. The Morgan fingerprint density at radius 1 is 1.17 bits per heavy atom. The molecule has 1 heterocycles. The number of thiazole rings is 1. The molecule has 0 atom stereocenters. The van der Waals surface area contributed by atoms with Crippen LogP contribution in [0.4, 0.5) is 10.8 Å². The SMILES string of the molecule is COc1ccc(C(=O)Nc2nc(-c3ccc4c(c3)CCCC4)cs2)cc1[N+](=O)[O-]. The Hall–Kier alpha value is -3.26. The van der Waals surface area contributed by atoms with Crippen LogP contribution in [0.3, 0.4) is 0 Å². The average Bonchev–Trinajstić information content (AvgIpc) is 3.21. The van der Waals surface area contributed by atoms with E-state index in [4.69, 9.17) is 4.74 Å². The summed E-state index contributed by atoms with van der Waals surface area (Å²) in [7, 11) is 1.35. The Bertz CT molecular complexity index is 1090. The van der Waals surface area contributed by atoms with Crippen LogP contribution in [-0.2, 0) is 12.8 Å². The maximum absolute atomic E-state index is 12.5. The lowest BCUT2D eigenvalue weighted by molar-refractivity contribution is -0.385. The number of fused-ring (bicyclic) bond motifs is 1. The molecule has 0 radical (unpaired) electrons. The van der Waals surface area contributed by atoms with Gasteiger partial charge in [0.05, 0.1) is 17.7 Å². The molecule has 1 N–H and O–H groups in total. The minimum atomic E-state index is -0.576. The Kier molecular flexibility index (Phi) is 5.26. The fourth-order valence-electron chi connectivity index (χ4n) is 3.50. The number of ether oxygens (including phenoxy) is 1. The number of anilines is 1. The molecule has 8 heteroatoms. The van der Waals surface area contributed by atoms with E-state index in [1.165, 1.54) is 60.6 Å². The third kappa shape index (κ3) is 3.97. The predicted molar refractivity (Wildman–Crippen MR) is 112 cm³/mol. The smallest absolute Gasteiger partial charge is 0.311 e. The predicted octanol–water partition coefficient (Wildman–Crippen LogP) is 4.86. The molecule has 0 spiro atoms. The molecule has 29 heavy (non-hydrogen) atoms. The normalized spacial score (nSPS) is 12.9. The van der Waals surface area contributed by atoms with Crippen LogP contribution < -0.4 is 10.1 Å². The first-order chi connectivity index (χ1) is 14.0. The highest BCUT2D eigenvalue weighted by Gasteiger charge is 2.19. The number of methoxy groups -OCH3 is 1. The van der Waals surface area contributed by atoms with Crippen LogP contribution in [0, 0.1) is 10.1 Å². The van der Waals surface area contributed by atoms with Crippen LogP contribution in [0.2, 0.25) is 0 Å². The highest BCUT2D eigenvalue weighted by atomic mass is 32.1. The van der Waals surface area contributed by atoms with E-state index < -0.39 is 10.8 Å². The van der Waals surface area contributed by atoms with Gasteiger partial charge in [-0.3, -0.25) is 20.2 Å². The van der Waals surface area contributed by atoms with Gasteiger partial charge in [-0.25, -0.2) is 4.98 Å². The van der Waals surface area contributed by atoms with Gasteiger partial charge in [0, 0.05) is 22.6 Å². The second-order valence-corrected chi connectivity index (χ2v) is 7.68. The maximum atomic E-state index is 12.5. The van der Waals surface area contributed by atoms with Gasteiger partial charge in [-0.15, -0.1) is 11.3 Å². The Morgan fingerprint density at radius 3 is 2.72 bits per heavy atom. The quantitative estimate of drug-likeness (QED) is 0.480. The maximum Gasteiger partial charge on any atom is 0.311 e. The Labute approximate surface area is 171 Å². The number of benzene rings is 2. The van der Waals surface area contributed by atoms with E-state index in [1.54, 1.807) is 0 Å². The van der Waals surface area contributed by atoms with E-state index in [9.17, 15) is 14.9 Å². The number of aromatic nitrogens is 1. The van der Waals surface area contributed by atoms with Gasteiger partial charge in [-0.05, 0) is 55.0 Å². The van der Waals surface area contributed by atoms with E-state index >= 15 is 0 Å². The molecule has 0 bridgehead atoms. The lowest BCUT2D eigenvalue weighted by Gasteiger charge is -2.16. The van der Waals surface area contributed by atoms with Crippen molar-refractivity contribution in [3.8, 4) is 17.0 Å². The van der Waals surface area contributed by atoms with Gasteiger partial charge < -0.3 is 4.74 Å². The van der Waals surface area contributed by atoms with Gasteiger partial charge in [0.2, 0.25) is 0 Å². The summed E-state index contributed by atoms with van der Waals surface area (Å²) >= 11 is 1.32. The van der Waals surface area contributed by atoms with Gasteiger partial charge in [-0.1, -0.05) is 12.1 Å². The van der Waals surface area contributed by atoms with Crippen molar-refractivity contribution in [1.29, 1.82) is 0 Å². The second-order valence-electron chi connectivity index (χ2n) is 6.83. The topological polar surface area (TPSA) is 94.4 Å². The molecule has 1 aliphatic rings. The minimum absolute atomic E-state index is 0.107. The summed E-state index contributed by atoms with van der Waals surface area (Å²) in [5.41, 5.74) is 4.53. The lowest BCUT2D eigenvalue weighted by Crippen LogP contribution is -2.12. The standard InChI is InChI=1S/C21H19N3O4S/c1-28-19-9-8-16(11-18(19)24(26)27)20(25)23-21-22-17(12-29-21)15-7-6-13-4-2-3-5-14(13)10-15/h6-12H,2-5H2,1H3,(H,22,23,25). The molecule has 1 aromatic heterocycles. The summed E-state index contributed by atoms with van der Waals surface area (Å²) in [5, 5.41) is 16.2. The Morgan fingerprint density at radius 2 is 1.97 bits per heavy atom. The fraction of sp³-hybridized carbons (Fsp3) is 0.238. The molecule has 3 aromatic rings. The van der Waals surface area contributed by atoms with Gasteiger partial charge in [0.25, 0.3) is 5.91 Å². The number of aryl methyl sites for hydroxylation is 2. The van der Waals surface area contributed by atoms with Crippen LogP contribution in [-0.4, -0.2) is 22.9 Å². The minimum Gasteiger partial charge on any atom is -0.490 e. The molecular weight excluding hydrogens is 390 g/mol. The van der Waals surface area contributed by atoms with Crippen molar-refractivity contribution in [2.24, 2.45) is 0 Å². The van der Waals surface area contributed by atoms with Crippen molar-refractivity contribution >= 4 is 28.1 Å². The van der Waals surface area contributed by atoms with Crippen LogP contribution in [0.5, 0.6) is 5.75 Å². The molecule has 4 rings (SSSR count). The molecule has 0 unspecified atom stereocenters. The summed E-state index contributed by atoms with van der Waals surface area (Å²) in [6.07, 6.45) is 4.67. The number of nitrogens with one attached hydrogen (secondary N) is 1. The first-order valence-corrected chi connectivity index (χ1v) is 10.1. The highest BCUT2D eigenvalue weighted by Crippen LogP contribution is 2.31. The summed E-state index contributed by atoms with van der Waals surface area (Å²) in [5.74, 6) is -0.349. The zero-order chi connectivity index (χ0) is 20.4. The molecule has 0 saturated carbocycles. The van der Waals surface area contributed by atoms with Crippen molar-refractivity contribution in [2.75, 3.05) is 12.4 Å². The van der Waals surface area contributed by atoms with Crippen LogP contribution in [0.1, 0.15) is 34.3 Å². The summed E-state index contributed by atoms with van der Waals surface area (Å²) in [6, 6.07) is 10.5. The molecule has 148 valence electrons. The Balaban J connectivity index is 1.53. The average molecular weight is 409 g/mol. The van der Waals surface area contributed by atoms with Crippen molar-refractivity contribution in [3.63, 3.8) is 0 Å². The lowest BCUT2D eigenvalue weighted by atomic mass is 9.90. The van der Waals surface area contributed by atoms with Crippen molar-refractivity contribution < 1.29 is 14.5 Å². The molecule has 2 aromatic carbocycles. The largest absolute Gasteiger partial charge is 0.490 e. The molecule has 0 saturated heterocycles. The number of carbonyl (C=O) groups excluding carboxylic acids is 1. The van der Waals surface area contributed by atoms with Gasteiger partial charge in [-0.2, -0.15) is 0 Å². The molecule has 7 nitrogen and oxygen atoms in total. The summed E-state index contributed by atoms with van der Waals surface area (Å²) in [6.45, 7) is 0. The highest BCUT2D eigenvalue weighted by molar-refractivity contribution is 7.14. The van der Waals surface area contributed by atoms with Crippen LogP contribution in [0.25, 0.3) is 11.3 Å². The molecular formula is C21H19N3O4S. The molecule has 1 amide bonds. The molecule has 0 fully saturated rings. The number of nitro benzene ring substituents is 1. The number of rotatable bonds is 5. The molecule has 0 aliphatic heterocycles. The second kappa shape index (κ2) is 8.00. The van der Waals surface area contributed by atoms with E-state index in [1.807, 2.05) is 5.38 Å². The zero-order valence-corrected chi connectivity index (χ0v) is 16.6. The van der Waals surface area contributed by atoms with Crippen molar-refractivity contribution in [3.05, 3.63) is 68.6 Å². The summed E-state index contributed by atoms with van der Waals surface area (Å²) in [4.78, 5) is 27.6. The monoisotopic (exact) mass is 409 g/mol. The van der Waals surface area contributed by atoms with E-state index in [2.05, 4.69) is 28.5 Å². The number of hydrogen-bond donors (Lipinski definition) is 1. The van der Waals surface area contributed by atoms with Crippen molar-refractivity contribution in [2.45, 2.75) is 25.7 Å². The summed E-state index contributed by atoms with van der Waals surface area (Å²) < 4.78 is 4.97. The fourth-order valence-corrected chi connectivity index (χ4v) is 4.21. The number of hydrogen-bond acceptors (Lipinski definition) is 6. The first-order valence-electron chi connectivity index (χ1n) is 9.26. The van der Waals surface area contributed by atoms with Gasteiger partial charge in [0.15, 0.2) is 10.9 Å². The number of nitro groups is 1. The number of amides is 1.